The minimum Gasteiger partial charge on any atom is -0.394 e. The molecular formula is C15H30N6O4. The van der Waals surface area contributed by atoms with E-state index in [2.05, 4.69) is 15.6 Å². The Morgan fingerprint density at radius 1 is 1.20 bits per heavy atom. The molecule has 144 valence electrons. The zero-order valence-corrected chi connectivity index (χ0v) is 14.8. The summed E-state index contributed by atoms with van der Waals surface area (Å²) in [6, 6.07) is -2.66. The smallest absolute Gasteiger partial charge is 0.243 e. The van der Waals surface area contributed by atoms with E-state index in [1.54, 1.807) is 0 Å². The van der Waals surface area contributed by atoms with Gasteiger partial charge in [-0.25, -0.2) is 0 Å². The number of nitrogens with one attached hydrogen (secondary N) is 2. The summed E-state index contributed by atoms with van der Waals surface area (Å²) in [6.07, 6.45) is 1.67. The number of hydrogen-bond acceptors (Lipinski definition) is 6. The summed E-state index contributed by atoms with van der Waals surface area (Å²) in [6.45, 7) is 3.63. The van der Waals surface area contributed by atoms with Crippen molar-refractivity contribution in [3.8, 4) is 0 Å². The number of aliphatic hydroxyl groups is 1. The Labute approximate surface area is 147 Å². The molecule has 0 aliphatic carbocycles. The highest BCUT2D eigenvalue weighted by Crippen LogP contribution is 2.06. The van der Waals surface area contributed by atoms with Gasteiger partial charge in [0, 0.05) is 6.54 Å². The number of rotatable bonds is 12. The van der Waals surface area contributed by atoms with Gasteiger partial charge in [0.05, 0.1) is 12.6 Å². The summed E-state index contributed by atoms with van der Waals surface area (Å²) < 4.78 is 0. The lowest BCUT2D eigenvalue weighted by Gasteiger charge is -2.23. The molecule has 0 aromatic rings. The molecule has 0 heterocycles. The summed E-state index contributed by atoms with van der Waals surface area (Å²) in [5.41, 5.74) is 16.2. The monoisotopic (exact) mass is 358 g/mol. The maximum atomic E-state index is 12.2. The molecule has 25 heavy (non-hydrogen) atoms. The molecule has 10 heteroatoms. The van der Waals surface area contributed by atoms with Crippen molar-refractivity contribution in [2.75, 3.05) is 13.2 Å². The number of hydrogen-bond donors (Lipinski definition) is 6. The molecule has 0 aromatic heterocycles. The van der Waals surface area contributed by atoms with Gasteiger partial charge in [-0.3, -0.25) is 14.6 Å². The molecule has 3 atom stereocenters. The fourth-order valence-corrected chi connectivity index (χ4v) is 2.04. The summed E-state index contributed by atoms with van der Waals surface area (Å²) >= 11 is 0. The van der Waals surface area contributed by atoms with Crippen LogP contribution in [0.15, 0.2) is 4.99 Å². The molecule has 0 aliphatic rings. The number of nitrogens with two attached hydrogens (primary N) is 3. The van der Waals surface area contributed by atoms with Gasteiger partial charge >= 0.3 is 0 Å². The van der Waals surface area contributed by atoms with Crippen LogP contribution in [0.25, 0.3) is 0 Å². The molecule has 0 unspecified atom stereocenters. The van der Waals surface area contributed by atoms with Crippen molar-refractivity contribution in [2.45, 2.75) is 51.2 Å². The highest BCUT2D eigenvalue weighted by molar-refractivity contribution is 5.90. The summed E-state index contributed by atoms with van der Waals surface area (Å²) in [7, 11) is 0. The number of aliphatic imine (C=N–C) groups is 1. The van der Waals surface area contributed by atoms with E-state index in [0.717, 1.165) is 0 Å². The van der Waals surface area contributed by atoms with Gasteiger partial charge in [0.25, 0.3) is 0 Å². The van der Waals surface area contributed by atoms with E-state index in [9.17, 15) is 14.4 Å². The zero-order valence-electron chi connectivity index (χ0n) is 14.8. The van der Waals surface area contributed by atoms with Crippen LogP contribution in [0.3, 0.4) is 0 Å². The first-order valence-electron chi connectivity index (χ1n) is 8.19. The van der Waals surface area contributed by atoms with Crippen LogP contribution in [0.1, 0.15) is 33.1 Å². The number of guanidine groups is 1. The number of nitrogens with zero attached hydrogens (tertiary/aromatic N) is 1. The van der Waals surface area contributed by atoms with E-state index in [-0.39, 0.29) is 11.9 Å². The molecule has 0 spiro atoms. The fourth-order valence-electron chi connectivity index (χ4n) is 2.04. The van der Waals surface area contributed by atoms with Gasteiger partial charge in [-0.1, -0.05) is 13.8 Å². The molecule has 10 nitrogen and oxygen atoms in total. The fraction of sp³-hybridized carbons (Fsp3) is 0.733. The van der Waals surface area contributed by atoms with Crippen molar-refractivity contribution in [3.63, 3.8) is 0 Å². The summed E-state index contributed by atoms with van der Waals surface area (Å²) in [4.78, 5) is 38.9. The molecule has 0 saturated carbocycles. The number of aliphatic hydroxyl groups excluding tert-OH is 1. The van der Waals surface area contributed by atoms with Gasteiger partial charge in [-0.15, -0.1) is 0 Å². The molecule has 0 bridgehead atoms. The minimum absolute atomic E-state index is 0.0275. The molecule has 0 aliphatic heterocycles. The van der Waals surface area contributed by atoms with Crippen LogP contribution in [0.5, 0.6) is 0 Å². The predicted molar refractivity (Wildman–Crippen MR) is 94.4 cm³/mol. The lowest BCUT2D eigenvalue weighted by atomic mass is 10.0. The van der Waals surface area contributed by atoms with Gasteiger partial charge in [0.15, 0.2) is 5.96 Å². The number of carbonyl (C=O) groups is 3. The van der Waals surface area contributed by atoms with Crippen LogP contribution >= 0.6 is 0 Å². The van der Waals surface area contributed by atoms with E-state index in [1.807, 2.05) is 13.8 Å². The average molecular weight is 358 g/mol. The lowest BCUT2D eigenvalue weighted by Crippen LogP contribution is -2.54. The third kappa shape index (κ3) is 10.3. The zero-order chi connectivity index (χ0) is 19.4. The van der Waals surface area contributed by atoms with Crippen LogP contribution in [0.4, 0.5) is 0 Å². The van der Waals surface area contributed by atoms with Gasteiger partial charge in [-0.2, -0.15) is 0 Å². The second-order valence-electron chi connectivity index (χ2n) is 6.18. The Kier molecular flexibility index (Phi) is 11.1. The topological polar surface area (TPSA) is 186 Å². The molecule has 0 fully saturated rings. The van der Waals surface area contributed by atoms with Crippen LogP contribution in [-0.4, -0.2) is 60.4 Å². The van der Waals surface area contributed by atoms with E-state index in [1.165, 1.54) is 0 Å². The SMILES string of the molecule is CC(C)C[C@H](NC(=O)[C@@H](N)CCCN=C(N)N)C(=O)N[C@H](C=O)CO. The van der Waals surface area contributed by atoms with Crippen molar-refractivity contribution >= 4 is 24.1 Å². The second kappa shape index (κ2) is 12.2. The van der Waals surface area contributed by atoms with Crippen LogP contribution in [0, 0.1) is 5.92 Å². The minimum atomic E-state index is -1.01. The maximum Gasteiger partial charge on any atom is 0.243 e. The standard InChI is InChI=1S/C15H30N6O4/c1-9(2)6-12(14(25)20-10(7-22)8-23)21-13(24)11(16)4-3-5-19-15(17)18/h7,9-12,23H,3-6,8,16H2,1-2H3,(H,20,25)(H,21,24)(H4,17,18,19)/t10-,11+,12+/m1/s1. The molecule has 0 rings (SSSR count). The van der Waals surface area contributed by atoms with Gasteiger partial charge in [0.1, 0.15) is 18.4 Å². The van der Waals surface area contributed by atoms with Crippen molar-refractivity contribution in [1.82, 2.24) is 10.6 Å². The largest absolute Gasteiger partial charge is 0.394 e. The number of carbonyl (C=O) groups excluding carboxylic acids is 3. The van der Waals surface area contributed by atoms with Gasteiger partial charge in [0.2, 0.25) is 11.8 Å². The van der Waals surface area contributed by atoms with E-state index >= 15 is 0 Å². The van der Waals surface area contributed by atoms with Gasteiger partial charge in [-0.05, 0) is 25.2 Å². The molecule has 2 amide bonds. The van der Waals surface area contributed by atoms with Crippen LogP contribution in [-0.2, 0) is 14.4 Å². The van der Waals surface area contributed by atoms with E-state index < -0.39 is 36.5 Å². The molecule has 0 saturated heterocycles. The first kappa shape index (κ1) is 22.8. The Balaban J connectivity index is 4.67. The Morgan fingerprint density at radius 2 is 1.84 bits per heavy atom. The number of amides is 2. The first-order chi connectivity index (χ1) is 11.7. The van der Waals surface area contributed by atoms with Crippen molar-refractivity contribution < 1.29 is 19.5 Å². The molecular weight excluding hydrogens is 328 g/mol. The predicted octanol–water partition coefficient (Wildman–Crippen LogP) is -2.43. The maximum absolute atomic E-state index is 12.2. The van der Waals surface area contributed by atoms with Crippen LogP contribution < -0.4 is 27.8 Å². The first-order valence-corrected chi connectivity index (χ1v) is 8.19. The van der Waals surface area contributed by atoms with Crippen molar-refractivity contribution in [1.29, 1.82) is 0 Å². The van der Waals surface area contributed by atoms with Crippen molar-refractivity contribution in [3.05, 3.63) is 0 Å². The van der Waals surface area contributed by atoms with E-state index in [0.29, 0.717) is 32.1 Å². The Morgan fingerprint density at radius 3 is 2.32 bits per heavy atom. The highest BCUT2D eigenvalue weighted by Gasteiger charge is 2.25. The van der Waals surface area contributed by atoms with Crippen LogP contribution in [0.2, 0.25) is 0 Å². The summed E-state index contributed by atoms with van der Waals surface area (Å²) in [5, 5.41) is 14.0. The third-order valence-corrected chi connectivity index (χ3v) is 3.33. The average Bonchev–Trinajstić information content (AvgIpc) is 2.54. The van der Waals surface area contributed by atoms with Crippen molar-refractivity contribution in [2.24, 2.45) is 28.1 Å². The Hall–Kier alpha value is -2.20. The quantitative estimate of drug-likeness (QED) is 0.0968. The summed E-state index contributed by atoms with van der Waals surface area (Å²) in [5.74, 6) is -0.920. The Bertz CT molecular complexity index is 465. The second-order valence-corrected chi connectivity index (χ2v) is 6.18. The third-order valence-electron chi connectivity index (χ3n) is 3.33. The highest BCUT2D eigenvalue weighted by atomic mass is 16.3. The van der Waals surface area contributed by atoms with E-state index in [4.69, 9.17) is 22.3 Å². The lowest BCUT2D eigenvalue weighted by molar-refractivity contribution is -0.131. The van der Waals surface area contributed by atoms with Gasteiger partial charge < -0.3 is 37.7 Å². The molecule has 9 N–H and O–H groups in total. The normalized spacial score (nSPS) is 14.3. The number of aldehydes is 1. The molecule has 0 aromatic carbocycles. The molecule has 0 radical (unpaired) electrons.